The summed E-state index contributed by atoms with van der Waals surface area (Å²) in [6.07, 6.45) is 0. The highest BCUT2D eigenvalue weighted by atomic mass is 35.7. The molecule has 0 unspecified atom stereocenters. The van der Waals surface area contributed by atoms with Crippen LogP contribution in [0.4, 0.5) is 5.69 Å². The van der Waals surface area contributed by atoms with Gasteiger partial charge in [0.05, 0.1) is 20.6 Å². The maximum absolute atomic E-state index is 8.49. The van der Waals surface area contributed by atoms with Gasteiger partial charge in [-0.2, -0.15) is 0 Å². The predicted molar refractivity (Wildman–Crippen MR) is 50.6 cm³/mol. The third kappa shape index (κ3) is 7.58. The fourth-order valence-electron chi connectivity index (χ4n) is 1.01. The zero-order chi connectivity index (χ0) is 12.8. The van der Waals surface area contributed by atoms with E-state index in [0.717, 1.165) is 11.0 Å². The van der Waals surface area contributed by atoms with Gasteiger partial charge >= 0.3 is 0 Å². The molecule has 0 spiro atoms. The van der Waals surface area contributed by atoms with Gasteiger partial charge in [-0.3, -0.25) is 4.48 Å². The van der Waals surface area contributed by atoms with E-state index in [1.54, 1.807) is 0 Å². The summed E-state index contributed by atoms with van der Waals surface area (Å²) in [5.41, 5.74) is 1.37. The summed E-state index contributed by atoms with van der Waals surface area (Å²) in [6, 6.07) is 10.6. The molecule has 1 rings (SSSR count). The maximum atomic E-state index is 8.49. The molecule has 5 nitrogen and oxygen atoms in total. The average Bonchev–Trinajstić information content (AvgIpc) is 2.17. The lowest BCUT2D eigenvalue weighted by Gasteiger charge is -2.27. The molecule has 0 bridgehead atoms. The lowest BCUT2D eigenvalue weighted by molar-refractivity contribution is -2.00. The Hall–Kier alpha value is -0.690. The van der Waals surface area contributed by atoms with Crippen LogP contribution < -0.4 is 23.1 Å². The highest BCUT2D eigenvalue weighted by molar-refractivity contribution is 5.40. The monoisotopic (exact) mass is 249 g/mol. The van der Waals surface area contributed by atoms with Crippen LogP contribution in [-0.4, -0.2) is 20.6 Å². The second-order valence-electron chi connectivity index (χ2n) is 3.71. The predicted octanol–water partition coefficient (Wildman–Crippen LogP) is -2.48. The summed E-state index contributed by atoms with van der Waals surface area (Å²) < 4.78 is 34.9. The van der Waals surface area contributed by atoms with E-state index in [1.165, 1.54) is 5.69 Å². The standard InChI is InChI=1S/C10H16N.ClHO4/c1-4-11(2,3)10-8-6-5-7-9-10;2-1(3,4)5/h5-9H,4H2,1-3H3;(H,2,3,4,5)/q+1;/p-1. The van der Waals surface area contributed by atoms with Crippen LogP contribution in [0, 0.1) is 10.2 Å². The van der Waals surface area contributed by atoms with Crippen molar-refractivity contribution in [3.63, 3.8) is 0 Å². The van der Waals surface area contributed by atoms with E-state index in [-0.39, 0.29) is 0 Å². The van der Waals surface area contributed by atoms with E-state index in [9.17, 15) is 0 Å². The number of halogens is 1. The highest BCUT2D eigenvalue weighted by Crippen LogP contribution is 2.16. The SMILES string of the molecule is CC[N+](C)(C)c1ccccc1.[O-][Cl+3]([O-])([O-])[O-]. The molecule has 0 saturated heterocycles. The molecular weight excluding hydrogens is 234 g/mol. The van der Waals surface area contributed by atoms with E-state index in [2.05, 4.69) is 51.4 Å². The van der Waals surface area contributed by atoms with Gasteiger partial charge in [-0.25, -0.2) is 18.6 Å². The van der Waals surface area contributed by atoms with Gasteiger partial charge in [-0.1, -0.05) is 18.2 Å². The molecule has 0 aliphatic carbocycles. The van der Waals surface area contributed by atoms with Crippen LogP contribution in [0.3, 0.4) is 0 Å². The van der Waals surface area contributed by atoms with Crippen molar-refractivity contribution >= 4 is 5.69 Å². The van der Waals surface area contributed by atoms with Crippen molar-refractivity contribution in [1.82, 2.24) is 4.48 Å². The van der Waals surface area contributed by atoms with Crippen molar-refractivity contribution in [3.05, 3.63) is 30.3 Å². The molecule has 0 aliphatic heterocycles. The largest absolute Gasteiger partial charge is 0.296 e. The summed E-state index contributed by atoms with van der Waals surface area (Å²) in [5.74, 6) is 0. The lowest BCUT2D eigenvalue weighted by atomic mass is 10.2. The number of hydrogen-bond donors (Lipinski definition) is 0. The molecule has 0 saturated carbocycles. The van der Waals surface area contributed by atoms with Crippen LogP contribution in [0.15, 0.2) is 30.3 Å². The maximum Gasteiger partial charge on any atom is 0.132 e. The van der Waals surface area contributed by atoms with Crippen LogP contribution in [0.25, 0.3) is 0 Å². The van der Waals surface area contributed by atoms with E-state index in [4.69, 9.17) is 18.6 Å². The average molecular weight is 250 g/mol. The smallest absolute Gasteiger partial charge is 0.132 e. The summed E-state index contributed by atoms with van der Waals surface area (Å²) in [6.45, 7) is 3.33. The van der Waals surface area contributed by atoms with Gasteiger partial charge in [-0.05, 0) is 19.1 Å². The van der Waals surface area contributed by atoms with Crippen molar-refractivity contribution < 1.29 is 28.9 Å². The quantitative estimate of drug-likeness (QED) is 0.543. The van der Waals surface area contributed by atoms with Gasteiger partial charge in [0.25, 0.3) is 0 Å². The molecule has 16 heavy (non-hydrogen) atoms. The molecule has 0 radical (unpaired) electrons. The topological polar surface area (TPSA) is 92.2 Å². The van der Waals surface area contributed by atoms with Crippen LogP contribution >= 0.6 is 0 Å². The van der Waals surface area contributed by atoms with Crippen molar-refractivity contribution in [3.8, 4) is 0 Å². The third-order valence-electron chi connectivity index (χ3n) is 2.25. The molecule has 1 aromatic rings. The first-order valence-electron chi connectivity index (χ1n) is 4.67. The van der Waals surface area contributed by atoms with Gasteiger partial charge < -0.3 is 0 Å². The van der Waals surface area contributed by atoms with E-state index in [0.29, 0.717) is 0 Å². The molecule has 0 aliphatic rings. The van der Waals surface area contributed by atoms with E-state index in [1.807, 2.05) is 0 Å². The van der Waals surface area contributed by atoms with Gasteiger partial charge in [0.15, 0.2) is 0 Å². The minimum absolute atomic E-state index is 0.959. The highest BCUT2D eigenvalue weighted by Gasteiger charge is 2.13. The van der Waals surface area contributed by atoms with Crippen LogP contribution in [-0.2, 0) is 0 Å². The molecule has 1 aromatic carbocycles. The molecular formula is C10H16ClNO4. The minimum atomic E-state index is -4.94. The third-order valence-corrected chi connectivity index (χ3v) is 2.25. The molecule has 0 amide bonds. The fraction of sp³-hybridized carbons (Fsp3) is 0.400. The molecule has 0 fully saturated rings. The van der Waals surface area contributed by atoms with Gasteiger partial charge in [0, 0.05) is 0 Å². The summed E-state index contributed by atoms with van der Waals surface area (Å²) in [7, 11) is -0.509. The molecule has 0 aromatic heterocycles. The number of quaternary nitrogens is 1. The molecule has 0 N–H and O–H groups in total. The zero-order valence-corrected chi connectivity index (χ0v) is 10.3. The molecule has 0 heterocycles. The van der Waals surface area contributed by atoms with Gasteiger partial charge in [0.1, 0.15) is 5.69 Å². The number of rotatable bonds is 2. The van der Waals surface area contributed by atoms with E-state index < -0.39 is 10.2 Å². The fourth-order valence-corrected chi connectivity index (χ4v) is 1.01. The minimum Gasteiger partial charge on any atom is -0.296 e. The summed E-state index contributed by atoms with van der Waals surface area (Å²) >= 11 is 0. The Kier molecular flexibility index (Phi) is 5.88. The van der Waals surface area contributed by atoms with Crippen molar-refractivity contribution in [2.75, 3.05) is 20.6 Å². The Balaban J connectivity index is 0.000000385. The van der Waals surface area contributed by atoms with Crippen molar-refractivity contribution in [1.29, 1.82) is 0 Å². The van der Waals surface area contributed by atoms with E-state index >= 15 is 0 Å². The number of para-hydroxylation sites is 1. The second-order valence-corrected chi connectivity index (χ2v) is 4.47. The van der Waals surface area contributed by atoms with Crippen LogP contribution in [0.5, 0.6) is 0 Å². The number of hydrogen-bond acceptors (Lipinski definition) is 4. The Morgan fingerprint density at radius 2 is 1.38 bits per heavy atom. The zero-order valence-electron chi connectivity index (χ0n) is 9.55. The van der Waals surface area contributed by atoms with Gasteiger partial charge in [-0.15, -0.1) is 10.2 Å². The van der Waals surface area contributed by atoms with Crippen molar-refractivity contribution in [2.24, 2.45) is 0 Å². The Labute approximate surface area is 97.5 Å². The van der Waals surface area contributed by atoms with Gasteiger partial charge in [0.2, 0.25) is 0 Å². The summed E-state index contributed by atoms with van der Waals surface area (Å²) in [4.78, 5) is 0. The Morgan fingerprint density at radius 1 is 1.00 bits per heavy atom. The number of benzene rings is 1. The molecule has 0 atom stereocenters. The summed E-state index contributed by atoms with van der Waals surface area (Å²) in [5, 5.41) is 0. The second kappa shape index (κ2) is 6.15. The normalized spacial score (nSPS) is 11.7. The molecule has 6 heteroatoms. The van der Waals surface area contributed by atoms with Crippen molar-refractivity contribution in [2.45, 2.75) is 6.92 Å². The van der Waals surface area contributed by atoms with Crippen LogP contribution in [0.1, 0.15) is 6.92 Å². The molecule has 92 valence electrons. The first-order chi connectivity index (χ1) is 7.17. The number of nitrogens with zero attached hydrogens (tertiary/aromatic N) is 1. The first-order valence-corrected chi connectivity index (χ1v) is 5.90. The Bertz CT molecular complexity index is 291. The lowest BCUT2D eigenvalue weighted by Crippen LogP contribution is -2.68. The van der Waals surface area contributed by atoms with Crippen LogP contribution in [0.2, 0.25) is 0 Å². The Morgan fingerprint density at radius 3 is 1.69 bits per heavy atom. The first kappa shape index (κ1) is 15.3.